The number of hydrogen-bond acceptors (Lipinski definition) is 3. The minimum atomic E-state index is -0.513. The van der Waals surface area contributed by atoms with E-state index < -0.39 is 6.04 Å². The number of aliphatic hydroxyl groups is 1. The van der Waals surface area contributed by atoms with Crippen molar-refractivity contribution in [2.24, 2.45) is 0 Å². The first-order valence-corrected chi connectivity index (χ1v) is 4.16. The SMILES string of the molecule is Cc1ccccc1NC(C=O)CO. The van der Waals surface area contributed by atoms with E-state index in [4.69, 9.17) is 5.11 Å². The van der Waals surface area contributed by atoms with Crippen LogP contribution in [0.25, 0.3) is 0 Å². The molecule has 1 atom stereocenters. The summed E-state index contributed by atoms with van der Waals surface area (Å²) in [5.41, 5.74) is 1.94. The van der Waals surface area contributed by atoms with Crippen molar-refractivity contribution in [3.05, 3.63) is 29.8 Å². The molecular formula is C10H13NO2. The van der Waals surface area contributed by atoms with Crippen LogP contribution < -0.4 is 5.32 Å². The maximum Gasteiger partial charge on any atom is 0.144 e. The van der Waals surface area contributed by atoms with Gasteiger partial charge in [-0.25, -0.2) is 0 Å². The van der Waals surface area contributed by atoms with Gasteiger partial charge in [-0.15, -0.1) is 0 Å². The van der Waals surface area contributed by atoms with Crippen molar-refractivity contribution in [3.63, 3.8) is 0 Å². The monoisotopic (exact) mass is 179 g/mol. The fraction of sp³-hybridized carbons (Fsp3) is 0.300. The van der Waals surface area contributed by atoms with Gasteiger partial charge >= 0.3 is 0 Å². The molecule has 0 aromatic heterocycles. The summed E-state index contributed by atoms with van der Waals surface area (Å²) >= 11 is 0. The van der Waals surface area contributed by atoms with Gasteiger partial charge in [0.1, 0.15) is 12.3 Å². The second-order valence-electron chi connectivity index (χ2n) is 2.88. The highest BCUT2D eigenvalue weighted by Gasteiger charge is 2.05. The number of aliphatic hydroxyl groups excluding tert-OH is 1. The summed E-state index contributed by atoms with van der Waals surface area (Å²) in [5, 5.41) is 11.7. The van der Waals surface area contributed by atoms with Crippen molar-refractivity contribution in [3.8, 4) is 0 Å². The lowest BCUT2D eigenvalue weighted by Crippen LogP contribution is -2.25. The van der Waals surface area contributed by atoms with Crippen LogP contribution in [0.2, 0.25) is 0 Å². The Bertz CT molecular complexity index is 286. The highest BCUT2D eigenvalue weighted by molar-refractivity contribution is 5.65. The van der Waals surface area contributed by atoms with Crippen LogP contribution in [0.3, 0.4) is 0 Å². The normalized spacial score (nSPS) is 12.2. The summed E-state index contributed by atoms with van der Waals surface area (Å²) in [4.78, 5) is 10.4. The van der Waals surface area contributed by atoms with Gasteiger partial charge in [0.05, 0.1) is 6.61 Å². The standard InChI is InChI=1S/C10H13NO2/c1-8-4-2-3-5-10(8)11-9(6-12)7-13/h2-6,9,11,13H,7H2,1H3. The van der Waals surface area contributed by atoms with E-state index in [1.54, 1.807) is 0 Å². The average Bonchev–Trinajstić information content (AvgIpc) is 2.17. The topological polar surface area (TPSA) is 49.3 Å². The Labute approximate surface area is 77.4 Å². The molecule has 0 heterocycles. The number of rotatable bonds is 4. The molecule has 0 bridgehead atoms. The summed E-state index contributed by atoms with van der Waals surface area (Å²) in [6.45, 7) is 1.76. The Kier molecular flexibility index (Phi) is 3.46. The highest BCUT2D eigenvalue weighted by Crippen LogP contribution is 2.13. The lowest BCUT2D eigenvalue weighted by molar-refractivity contribution is -0.109. The van der Waals surface area contributed by atoms with Crippen molar-refractivity contribution in [1.29, 1.82) is 0 Å². The van der Waals surface area contributed by atoms with Gasteiger partial charge in [0.15, 0.2) is 0 Å². The van der Waals surface area contributed by atoms with Gasteiger partial charge in [0.25, 0.3) is 0 Å². The van der Waals surface area contributed by atoms with Crippen LogP contribution in [0.15, 0.2) is 24.3 Å². The van der Waals surface area contributed by atoms with Gasteiger partial charge in [-0.3, -0.25) is 0 Å². The Hall–Kier alpha value is -1.35. The number of carbonyl (C=O) groups is 1. The van der Waals surface area contributed by atoms with Crippen LogP contribution in [-0.4, -0.2) is 24.0 Å². The first-order valence-electron chi connectivity index (χ1n) is 4.16. The molecular weight excluding hydrogens is 166 g/mol. The fourth-order valence-electron chi connectivity index (χ4n) is 1.06. The second kappa shape index (κ2) is 4.62. The van der Waals surface area contributed by atoms with Crippen LogP contribution in [0.1, 0.15) is 5.56 Å². The molecule has 1 rings (SSSR count). The molecule has 3 heteroatoms. The van der Waals surface area contributed by atoms with E-state index in [-0.39, 0.29) is 6.61 Å². The number of aldehydes is 1. The molecule has 1 aromatic rings. The molecule has 2 N–H and O–H groups in total. The third-order valence-electron chi connectivity index (χ3n) is 1.85. The number of carbonyl (C=O) groups excluding carboxylic acids is 1. The summed E-state index contributed by atoms with van der Waals surface area (Å²) in [6, 6.07) is 7.12. The first-order chi connectivity index (χ1) is 6.27. The van der Waals surface area contributed by atoms with E-state index in [0.29, 0.717) is 6.29 Å². The lowest BCUT2D eigenvalue weighted by atomic mass is 10.2. The van der Waals surface area contributed by atoms with E-state index in [0.717, 1.165) is 11.3 Å². The Morgan fingerprint density at radius 3 is 2.77 bits per heavy atom. The molecule has 0 radical (unpaired) electrons. The van der Waals surface area contributed by atoms with Crippen molar-refractivity contribution < 1.29 is 9.90 Å². The Morgan fingerprint density at radius 1 is 1.54 bits per heavy atom. The fourth-order valence-corrected chi connectivity index (χ4v) is 1.06. The molecule has 0 aliphatic rings. The van der Waals surface area contributed by atoms with Gasteiger partial charge in [-0.1, -0.05) is 18.2 Å². The van der Waals surface area contributed by atoms with E-state index in [2.05, 4.69) is 5.32 Å². The molecule has 0 spiro atoms. The molecule has 0 saturated carbocycles. The Balaban J connectivity index is 2.73. The molecule has 0 aliphatic carbocycles. The van der Waals surface area contributed by atoms with E-state index in [1.807, 2.05) is 31.2 Å². The summed E-state index contributed by atoms with van der Waals surface area (Å²) in [5.74, 6) is 0. The molecule has 13 heavy (non-hydrogen) atoms. The van der Waals surface area contributed by atoms with Crippen LogP contribution in [-0.2, 0) is 4.79 Å². The maximum atomic E-state index is 10.4. The second-order valence-corrected chi connectivity index (χ2v) is 2.88. The van der Waals surface area contributed by atoms with Gasteiger partial charge < -0.3 is 15.2 Å². The molecule has 0 amide bonds. The van der Waals surface area contributed by atoms with Crippen molar-refractivity contribution in [2.75, 3.05) is 11.9 Å². The van der Waals surface area contributed by atoms with Crippen LogP contribution in [0.4, 0.5) is 5.69 Å². The van der Waals surface area contributed by atoms with Gasteiger partial charge in [-0.05, 0) is 18.6 Å². The molecule has 0 saturated heterocycles. The minimum absolute atomic E-state index is 0.183. The molecule has 0 aliphatic heterocycles. The molecule has 70 valence electrons. The van der Waals surface area contributed by atoms with Crippen LogP contribution >= 0.6 is 0 Å². The van der Waals surface area contributed by atoms with E-state index >= 15 is 0 Å². The number of nitrogens with one attached hydrogen (secondary N) is 1. The predicted molar refractivity (Wildman–Crippen MR) is 51.7 cm³/mol. The maximum absolute atomic E-state index is 10.4. The van der Waals surface area contributed by atoms with Crippen molar-refractivity contribution in [2.45, 2.75) is 13.0 Å². The largest absolute Gasteiger partial charge is 0.394 e. The summed E-state index contributed by atoms with van der Waals surface area (Å²) in [7, 11) is 0. The van der Waals surface area contributed by atoms with Crippen molar-refractivity contribution in [1.82, 2.24) is 0 Å². The minimum Gasteiger partial charge on any atom is -0.394 e. The van der Waals surface area contributed by atoms with Gasteiger partial charge in [0.2, 0.25) is 0 Å². The molecule has 0 fully saturated rings. The number of hydrogen-bond donors (Lipinski definition) is 2. The number of aryl methyl sites for hydroxylation is 1. The van der Waals surface area contributed by atoms with Gasteiger partial charge in [-0.2, -0.15) is 0 Å². The zero-order valence-electron chi connectivity index (χ0n) is 7.53. The molecule has 1 unspecified atom stereocenters. The lowest BCUT2D eigenvalue weighted by Gasteiger charge is -2.12. The molecule has 3 nitrogen and oxygen atoms in total. The van der Waals surface area contributed by atoms with Crippen LogP contribution in [0, 0.1) is 6.92 Å². The summed E-state index contributed by atoms with van der Waals surface area (Å²) < 4.78 is 0. The smallest absolute Gasteiger partial charge is 0.144 e. The van der Waals surface area contributed by atoms with Crippen LogP contribution in [0.5, 0.6) is 0 Å². The zero-order chi connectivity index (χ0) is 9.68. The predicted octanol–water partition coefficient (Wildman–Crippen LogP) is 0.967. The zero-order valence-corrected chi connectivity index (χ0v) is 7.53. The quantitative estimate of drug-likeness (QED) is 0.677. The third-order valence-corrected chi connectivity index (χ3v) is 1.85. The van der Waals surface area contributed by atoms with Gasteiger partial charge in [0, 0.05) is 5.69 Å². The average molecular weight is 179 g/mol. The number of anilines is 1. The number of benzene rings is 1. The summed E-state index contributed by atoms with van der Waals surface area (Å²) in [6.07, 6.45) is 0.701. The third kappa shape index (κ3) is 2.56. The highest BCUT2D eigenvalue weighted by atomic mass is 16.3. The first kappa shape index (κ1) is 9.74. The Morgan fingerprint density at radius 2 is 2.23 bits per heavy atom. The number of para-hydroxylation sites is 1. The molecule has 1 aromatic carbocycles. The van der Waals surface area contributed by atoms with E-state index in [9.17, 15) is 4.79 Å². The van der Waals surface area contributed by atoms with E-state index in [1.165, 1.54) is 0 Å². The van der Waals surface area contributed by atoms with Crippen molar-refractivity contribution >= 4 is 12.0 Å².